The lowest BCUT2D eigenvalue weighted by Gasteiger charge is -2.08. The largest absolute Gasteiger partial charge is 0.384 e. The molecule has 0 radical (unpaired) electrons. The normalized spacial score (nSPS) is 11.1. The van der Waals surface area contributed by atoms with E-state index < -0.39 is 0 Å². The van der Waals surface area contributed by atoms with Crippen molar-refractivity contribution in [2.45, 2.75) is 32.0 Å². The van der Waals surface area contributed by atoms with Crippen LogP contribution in [0.1, 0.15) is 33.1 Å². The van der Waals surface area contributed by atoms with E-state index in [1.807, 2.05) is 60.5 Å². The van der Waals surface area contributed by atoms with Gasteiger partial charge in [0, 0.05) is 44.1 Å². The molecular formula is C21H28N6O2S. The van der Waals surface area contributed by atoms with Crippen LogP contribution < -0.4 is 5.32 Å². The Hall–Kier alpha value is -2.65. The molecule has 0 aliphatic carbocycles. The van der Waals surface area contributed by atoms with Crippen LogP contribution in [-0.4, -0.2) is 56.5 Å². The van der Waals surface area contributed by atoms with E-state index in [4.69, 9.17) is 4.74 Å². The number of ether oxygens (including phenoxy) is 1. The number of hydrogen-bond donors (Lipinski definition) is 1. The number of methoxy groups -OCH3 is 1. The summed E-state index contributed by atoms with van der Waals surface area (Å²) >= 11 is 1.60. The van der Waals surface area contributed by atoms with Crippen molar-refractivity contribution in [2.24, 2.45) is 7.05 Å². The van der Waals surface area contributed by atoms with Gasteiger partial charge in [0.2, 0.25) is 0 Å². The van der Waals surface area contributed by atoms with Crippen LogP contribution in [0.5, 0.6) is 0 Å². The quantitative estimate of drug-likeness (QED) is 0.394. The summed E-state index contributed by atoms with van der Waals surface area (Å²) in [6.07, 6.45) is 0.617. The summed E-state index contributed by atoms with van der Waals surface area (Å²) in [5.74, 6) is 1.57. The topological polar surface area (TPSA) is 86.9 Å². The first-order valence-electron chi connectivity index (χ1n) is 9.86. The molecule has 0 spiro atoms. The van der Waals surface area contributed by atoms with Crippen LogP contribution in [0.25, 0.3) is 0 Å². The Morgan fingerprint density at radius 1 is 1.23 bits per heavy atom. The number of carbonyl (C=O) groups excluding carboxylic acids is 1. The molecule has 0 bridgehead atoms. The number of hydrogen-bond acceptors (Lipinski definition) is 6. The smallest absolute Gasteiger partial charge is 0.251 e. The summed E-state index contributed by atoms with van der Waals surface area (Å²) in [4.78, 5) is 12.6. The number of rotatable bonds is 10. The van der Waals surface area contributed by atoms with Gasteiger partial charge in [-0.05, 0) is 37.6 Å². The third kappa shape index (κ3) is 5.70. The van der Waals surface area contributed by atoms with Gasteiger partial charge in [-0.3, -0.25) is 9.48 Å². The predicted molar refractivity (Wildman–Crippen MR) is 117 cm³/mol. The summed E-state index contributed by atoms with van der Waals surface area (Å²) < 4.78 is 8.97. The van der Waals surface area contributed by atoms with Gasteiger partial charge in [-0.15, -0.1) is 10.2 Å². The Bertz CT molecular complexity index is 997. The Kier molecular flexibility index (Phi) is 7.64. The van der Waals surface area contributed by atoms with E-state index in [1.165, 1.54) is 0 Å². The Labute approximate surface area is 181 Å². The van der Waals surface area contributed by atoms with Crippen molar-refractivity contribution in [1.82, 2.24) is 29.9 Å². The number of aromatic nitrogens is 5. The summed E-state index contributed by atoms with van der Waals surface area (Å²) in [5, 5.41) is 16.7. The minimum atomic E-state index is -0.0953. The standard InChI is InChI=1S/C21H28N6O2S/c1-15-12-16(2)27(25-15)14-17-6-5-7-18(13-17)20(28)22-9-8-19-23-24-21(26(19)3)30-11-10-29-4/h5-7,12-13H,8-11,14H2,1-4H3,(H,22,28). The number of carbonyl (C=O) groups is 1. The molecule has 0 fully saturated rings. The van der Waals surface area contributed by atoms with E-state index in [0.717, 1.165) is 33.7 Å². The predicted octanol–water partition coefficient (Wildman–Crippen LogP) is 2.39. The van der Waals surface area contributed by atoms with Crippen molar-refractivity contribution >= 4 is 17.7 Å². The van der Waals surface area contributed by atoms with Crippen LogP contribution in [0.4, 0.5) is 0 Å². The average Bonchev–Trinajstić information content (AvgIpc) is 3.23. The van der Waals surface area contributed by atoms with Crippen molar-refractivity contribution in [3.05, 3.63) is 58.7 Å². The van der Waals surface area contributed by atoms with Gasteiger partial charge in [0.1, 0.15) is 5.82 Å². The molecule has 1 amide bonds. The van der Waals surface area contributed by atoms with E-state index in [-0.39, 0.29) is 5.91 Å². The molecule has 0 saturated heterocycles. The molecule has 9 heteroatoms. The maximum atomic E-state index is 12.6. The number of amides is 1. The van der Waals surface area contributed by atoms with Gasteiger partial charge in [0.05, 0.1) is 18.8 Å². The molecule has 0 saturated carbocycles. The first-order chi connectivity index (χ1) is 14.5. The Morgan fingerprint density at radius 2 is 2.07 bits per heavy atom. The molecule has 0 atom stereocenters. The van der Waals surface area contributed by atoms with E-state index in [2.05, 4.69) is 20.6 Å². The molecule has 160 valence electrons. The number of nitrogens with one attached hydrogen (secondary N) is 1. The van der Waals surface area contributed by atoms with Crippen LogP contribution >= 0.6 is 11.8 Å². The number of nitrogens with zero attached hydrogens (tertiary/aromatic N) is 5. The highest BCUT2D eigenvalue weighted by Crippen LogP contribution is 2.15. The molecule has 8 nitrogen and oxygen atoms in total. The average molecular weight is 429 g/mol. The summed E-state index contributed by atoms with van der Waals surface area (Å²) in [7, 11) is 3.62. The molecule has 3 aromatic rings. The number of benzene rings is 1. The third-order valence-electron chi connectivity index (χ3n) is 4.70. The lowest BCUT2D eigenvalue weighted by Crippen LogP contribution is -2.26. The Morgan fingerprint density at radius 3 is 2.80 bits per heavy atom. The van der Waals surface area contributed by atoms with Crippen molar-refractivity contribution < 1.29 is 9.53 Å². The molecule has 1 aromatic carbocycles. The SMILES string of the molecule is COCCSc1nnc(CCNC(=O)c2cccc(Cn3nc(C)cc3C)c2)n1C. The van der Waals surface area contributed by atoms with Gasteiger partial charge in [0.15, 0.2) is 5.16 Å². The molecule has 3 rings (SSSR count). The highest BCUT2D eigenvalue weighted by molar-refractivity contribution is 7.99. The van der Waals surface area contributed by atoms with Gasteiger partial charge < -0.3 is 14.6 Å². The van der Waals surface area contributed by atoms with Crippen LogP contribution in [0, 0.1) is 13.8 Å². The monoisotopic (exact) mass is 428 g/mol. The van der Waals surface area contributed by atoms with Crippen LogP contribution in [0.3, 0.4) is 0 Å². The molecule has 2 heterocycles. The molecule has 30 heavy (non-hydrogen) atoms. The van der Waals surface area contributed by atoms with Gasteiger partial charge >= 0.3 is 0 Å². The second-order valence-electron chi connectivity index (χ2n) is 7.09. The van der Waals surface area contributed by atoms with Crippen LogP contribution in [-0.2, 0) is 24.8 Å². The van der Waals surface area contributed by atoms with Gasteiger partial charge in [-0.1, -0.05) is 23.9 Å². The van der Waals surface area contributed by atoms with Crippen molar-refractivity contribution in [1.29, 1.82) is 0 Å². The molecular weight excluding hydrogens is 400 g/mol. The van der Waals surface area contributed by atoms with E-state index in [1.54, 1.807) is 18.9 Å². The van der Waals surface area contributed by atoms with Gasteiger partial charge in [-0.2, -0.15) is 5.10 Å². The maximum absolute atomic E-state index is 12.6. The fraction of sp³-hybridized carbons (Fsp3) is 0.429. The Balaban J connectivity index is 1.53. The van der Waals surface area contributed by atoms with Crippen molar-refractivity contribution in [2.75, 3.05) is 26.0 Å². The first kappa shape index (κ1) is 22.0. The molecule has 2 aromatic heterocycles. The molecule has 1 N–H and O–H groups in total. The minimum Gasteiger partial charge on any atom is -0.384 e. The summed E-state index contributed by atoms with van der Waals surface area (Å²) in [6, 6.07) is 9.70. The zero-order chi connectivity index (χ0) is 21.5. The van der Waals surface area contributed by atoms with Crippen LogP contribution in [0.15, 0.2) is 35.5 Å². The lowest BCUT2D eigenvalue weighted by molar-refractivity contribution is 0.0953. The fourth-order valence-corrected chi connectivity index (χ4v) is 3.94. The maximum Gasteiger partial charge on any atom is 0.251 e. The van der Waals surface area contributed by atoms with Crippen molar-refractivity contribution in [3.63, 3.8) is 0 Å². The van der Waals surface area contributed by atoms with Crippen LogP contribution in [0.2, 0.25) is 0 Å². The summed E-state index contributed by atoms with van der Waals surface area (Å²) in [5.41, 5.74) is 3.78. The van der Waals surface area contributed by atoms with E-state index >= 15 is 0 Å². The summed E-state index contributed by atoms with van der Waals surface area (Å²) in [6.45, 7) is 5.82. The van der Waals surface area contributed by atoms with Gasteiger partial charge in [0.25, 0.3) is 5.91 Å². The molecule has 0 unspecified atom stereocenters. The second kappa shape index (κ2) is 10.4. The van der Waals surface area contributed by atoms with E-state index in [0.29, 0.717) is 31.7 Å². The number of thioether (sulfide) groups is 1. The van der Waals surface area contributed by atoms with Gasteiger partial charge in [-0.25, -0.2) is 0 Å². The highest BCUT2D eigenvalue weighted by Gasteiger charge is 2.11. The zero-order valence-electron chi connectivity index (χ0n) is 17.9. The molecule has 0 aliphatic rings. The lowest BCUT2D eigenvalue weighted by atomic mass is 10.1. The molecule has 0 aliphatic heterocycles. The number of aryl methyl sites for hydroxylation is 2. The first-order valence-corrected chi connectivity index (χ1v) is 10.8. The van der Waals surface area contributed by atoms with E-state index in [9.17, 15) is 4.79 Å². The fourth-order valence-electron chi connectivity index (χ4n) is 3.11. The third-order valence-corrected chi connectivity index (χ3v) is 5.69. The minimum absolute atomic E-state index is 0.0953. The second-order valence-corrected chi connectivity index (χ2v) is 8.15. The van der Waals surface area contributed by atoms with Crippen molar-refractivity contribution in [3.8, 4) is 0 Å². The highest BCUT2D eigenvalue weighted by atomic mass is 32.2. The zero-order valence-corrected chi connectivity index (χ0v) is 18.7.